The van der Waals surface area contributed by atoms with Gasteiger partial charge in [-0.15, -0.1) is 0 Å². The number of rotatable bonds is 6. The lowest BCUT2D eigenvalue weighted by Gasteiger charge is -2.01. The third kappa shape index (κ3) is 3.90. The summed E-state index contributed by atoms with van der Waals surface area (Å²) in [4.78, 5) is 18.5. The van der Waals surface area contributed by atoms with Crippen LogP contribution in [-0.2, 0) is 16.4 Å². The second-order valence-electron chi connectivity index (χ2n) is 5.64. The van der Waals surface area contributed by atoms with E-state index in [9.17, 15) is 13.2 Å². The van der Waals surface area contributed by atoms with Gasteiger partial charge < -0.3 is 14.7 Å². The quantitative estimate of drug-likeness (QED) is 0.622. The summed E-state index contributed by atoms with van der Waals surface area (Å²) in [5, 5.41) is 2.39. The minimum absolute atomic E-state index is 0.140. The highest BCUT2D eigenvalue weighted by molar-refractivity contribution is 7.90. The largest absolute Gasteiger partial charge is 0.455 e. The van der Waals surface area contributed by atoms with Crippen LogP contribution in [0, 0.1) is 0 Å². The van der Waals surface area contributed by atoms with Gasteiger partial charge in [0.1, 0.15) is 12.3 Å². The van der Waals surface area contributed by atoms with E-state index in [1.807, 2.05) is 23.5 Å². The molecule has 2 heterocycles. The van der Waals surface area contributed by atoms with Gasteiger partial charge in [-0.3, -0.25) is 4.79 Å². The third-order valence-electron chi connectivity index (χ3n) is 3.62. The van der Waals surface area contributed by atoms with Crippen molar-refractivity contribution in [3.63, 3.8) is 0 Å². The smallest absolute Gasteiger partial charge is 0.258 e. The van der Waals surface area contributed by atoms with Crippen molar-refractivity contribution in [2.24, 2.45) is 0 Å². The number of H-pyrrole nitrogens is 1. The Morgan fingerprint density at radius 1 is 1.25 bits per heavy atom. The van der Waals surface area contributed by atoms with Crippen molar-refractivity contribution in [3.05, 3.63) is 52.8 Å². The normalized spacial score (nSPS) is 11.9. The molecule has 0 atom stereocenters. The summed E-state index contributed by atoms with van der Waals surface area (Å²) in [6, 6.07) is 9.07. The number of furan rings is 1. The van der Waals surface area contributed by atoms with Crippen molar-refractivity contribution in [3.8, 4) is 11.3 Å². The van der Waals surface area contributed by atoms with Crippen molar-refractivity contribution in [2.45, 2.75) is 6.54 Å². The lowest BCUT2D eigenvalue weighted by Crippen LogP contribution is -2.83. The molecule has 3 N–H and O–H groups in total. The summed E-state index contributed by atoms with van der Waals surface area (Å²) in [7, 11) is -2.94. The van der Waals surface area contributed by atoms with Crippen molar-refractivity contribution in [1.29, 1.82) is 0 Å². The minimum atomic E-state index is -2.94. The van der Waals surface area contributed by atoms with E-state index in [4.69, 9.17) is 4.42 Å². The molecule has 126 valence electrons. The van der Waals surface area contributed by atoms with Gasteiger partial charge in [0.25, 0.3) is 5.56 Å². The van der Waals surface area contributed by atoms with E-state index in [-0.39, 0.29) is 11.3 Å². The average Bonchev–Trinajstić information content (AvgIpc) is 3.00. The average molecular weight is 348 g/mol. The number of hydrogen-bond acceptors (Lipinski definition) is 5. The van der Waals surface area contributed by atoms with Crippen LogP contribution in [0.5, 0.6) is 0 Å². The molecule has 0 fully saturated rings. The summed E-state index contributed by atoms with van der Waals surface area (Å²) >= 11 is 0. The number of hydrogen-bond donors (Lipinski definition) is 2. The monoisotopic (exact) mass is 348 g/mol. The van der Waals surface area contributed by atoms with Crippen LogP contribution in [0.3, 0.4) is 0 Å². The number of sulfone groups is 1. The maximum atomic E-state index is 11.8. The van der Waals surface area contributed by atoms with E-state index < -0.39 is 9.84 Å². The molecule has 0 radical (unpaired) electrons. The summed E-state index contributed by atoms with van der Waals surface area (Å²) in [6.07, 6.45) is 2.60. The lowest BCUT2D eigenvalue weighted by atomic mass is 10.1. The van der Waals surface area contributed by atoms with Crippen LogP contribution in [0.25, 0.3) is 22.2 Å². The Bertz CT molecular complexity index is 1020. The van der Waals surface area contributed by atoms with Crippen molar-refractivity contribution in [2.75, 3.05) is 18.6 Å². The molecule has 0 aliphatic carbocycles. The maximum Gasteiger partial charge on any atom is 0.258 e. The molecule has 8 heteroatoms. The molecule has 0 bridgehead atoms. The van der Waals surface area contributed by atoms with Gasteiger partial charge in [-0.05, 0) is 30.3 Å². The Labute approximate surface area is 138 Å². The molecule has 2 aromatic heterocycles. The van der Waals surface area contributed by atoms with Gasteiger partial charge in [-0.1, -0.05) is 0 Å². The third-order valence-corrected chi connectivity index (χ3v) is 4.60. The summed E-state index contributed by atoms with van der Waals surface area (Å²) < 4.78 is 28.0. The minimum Gasteiger partial charge on any atom is -0.455 e. The van der Waals surface area contributed by atoms with E-state index in [2.05, 4.69) is 9.97 Å². The number of nitrogens with two attached hydrogens (primary N) is 1. The maximum absolute atomic E-state index is 11.8. The van der Waals surface area contributed by atoms with Gasteiger partial charge in [0.2, 0.25) is 0 Å². The molecule has 0 amide bonds. The number of fused-ring (bicyclic) bond motifs is 1. The first-order valence-electron chi connectivity index (χ1n) is 7.48. The first kappa shape index (κ1) is 16.4. The van der Waals surface area contributed by atoms with E-state index in [0.717, 1.165) is 11.3 Å². The van der Waals surface area contributed by atoms with Crippen LogP contribution in [-0.4, -0.2) is 36.9 Å². The Morgan fingerprint density at radius 3 is 2.88 bits per heavy atom. The second-order valence-corrected chi connectivity index (χ2v) is 7.90. The van der Waals surface area contributed by atoms with Crippen molar-refractivity contribution < 1.29 is 18.2 Å². The number of nitrogens with zero attached hydrogens (tertiary/aromatic N) is 1. The standard InChI is InChI=1S/C16H17N3O4S/c1-24(21,22)7-6-17-9-12-3-5-15(23-12)11-2-4-14-13(8-11)16(20)19-10-18-14/h2-5,8,10,17H,6-7,9H2,1H3,(H,18,19,20)/p+1. The summed E-state index contributed by atoms with van der Waals surface area (Å²) in [5.41, 5.74) is 1.23. The van der Waals surface area contributed by atoms with Gasteiger partial charge in [-0.2, -0.15) is 0 Å². The SMILES string of the molecule is CS(=O)(=O)CC[NH2+]Cc1ccc(-c2ccc3nc[nH]c(=O)c3c2)o1. The van der Waals surface area contributed by atoms with Crippen molar-refractivity contribution in [1.82, 2.24) is 9.97 Å². The number of aromatic nitrogens is 2. The number of benzene rings is 1. The second kappa shape index (κ2) is 6.58. The molecule has 0 saturated carbocycles. The zero-order valence-electron chi connectivity index (χ0n) is 13.2. The topological polar surface area (TPSA) is 110 Å². The van der Waals surface area contributed by atoms with Crippen LogP contribution < -0.4 is 10.9 Å². The predicted molar refractivity (Wildman–Crippen MR) is 90.3 cm³/mol. The van der Waals surface area contributed by atoms with E-state index in [1.54, 1.807) is 12.1 Å². The highest BCUT2D eigenvalue weighted by Gasteiger charge is 2.09. The van der Waals surface area contributed by atoms with Crippen molar-refractivity contribution >= 4 is 20.7 Å². The molecule has 1 aromatic carbocycles. The molecule has 0 spiro atoms. The van der Waals surface area contributed by atoms with Crippen LogP contribution in [0.2, 0.25) is 0 Å². The predicted octanol–water partition coefficient (Wildman–Crippen LogP) is 0.291. The van der Waals surface area contributed by atoms with Crippen LogP contribution in [0.15, 0.2) is 45.9 Å². The fourth-order valence-corrected chi connectivity index (χ4v) is 3.00. The van der Waals surface area contributed by atoms with Gasteiger partial charge in [-0.25, -0.2) is 13.4 Å². The molecule has 0 aliphatic rings. The fourth-order valence-electron chi connectivity index (χ4n) is 2.41. The molecule has 0 saturated heterocycles. The van der Waals surface area contributed by atoms with Crippen LogP contribution in [0.1, 0.15) is 5.76 Å². The van der Waals surface area contributed by atoms with Gasteiger partial charge in [0.05, 0.1) is 29.5 Å². The molecule has 3 aromatic rings. The van der Waals surface area contributed by atoms with Gasteiger partial charge in [0.15, 0.2) is 15.6 Å². The Kier molecular flexibility index (Phi) is 4.50. The highest BCUT2D eigenvalue weighted by atomic mass is 32.2. The van der Waals surface area contributed by atoms with Crippen LogP contribution in [0.4, 0.5) is 0 Å². The van der Waals surface area contributed by atoms with Gasteiger partial charge in [0, 0.05) is 11.8 Å². The number of aromatic amines is 1. The Balaban J connectivity index is 1.73. The number of nitrogens with one attached hydrogen (secondary N) is 1. The van der Waals surface area contributed by atoms with E-state index in [0.29, 0.717) is 29.8 Å². The Hall–Kier alpha value is -2.45. The molecular formula is C16H18N3O4S+. The zero-order chi connectivity index (χ0) is 17.2. The number of quaternary nitrogens is 1. The molecule has 3 rings (SSSR count). The molecule has 7 nitrogen and oxygen atoms in total. The first-order valence-corrected chi connectivity index (χ1v) is 9.54. The highest BCUT2D eigenvalue weighted by Crippen LogP contribution is 2.24. The zero-order valence-corrected chi connectivity index (χ0v) is 14.0. The first-order chi connectivity index (χ1) is 11.4. The van der Waals surface area contributed by atoms with E-state index >= 15 is 0 Å². The summed E-state index contributed by atoms with van der Waals surface area (Å²) in [5.74, 6) is 1.55. The van der Waals surface area contributed by atoms with E-state index in [1.165, 1.54) is 12.6 Å². The molecule has 24 heavy (non-hydrogen) atoms. The van der Waals surface area contributed by atoms with Gasteiger partial charge >= 0.3 is 0 Å². The Morgan fingerprint density at radius 2 is 2.08 bits per heavy atom. The molecule has 0 unspecified atom stereocenters. The molecular weight excluding hydrogens is 330 g/mol. The lowest BCUT2D eigenvalue weighted by molar-refractivity contribution is -0.668. The fraction of sp³-hybridized carbons (Fsp3) is 0.250. The summed E-state index contributed by atoms with van der Waals surface area (Å²) in [6.45, 7) is 1.05. The van der Waals surface area contributed by atoms with Crippen LogP contribution >= 0.6 is 0 Å². The molecule has 0 aliphatic heterocycles.